The molecule has 1 aliphatic carbocycles. The molecule has 1 unspecified atom stereocenters. The van der Waals surface area contributed by atoms with Crippen LogP contribution in [-0.2, 0) is 0 Å². The SMILES string of the molecule is CCCN1CCCC1CCCNC1CC1. The molecule has 0 spiro atoms. The number of hydrogen-bond donors (Lipinski definition) is 1. The lowest BCUT2D eigenvalue weighted by Crippen LogP contribution is -2.31. The molecule has 0 amide bonds. The second-order valence-corrected chi connectivity index (χ2v) is 5.20. The smallest absolute Gasteiger partial charge is 0.00962 e. The molecule has 1 saturated carbocycles. The summed E-state index contributed by atoms with van der Waals surface area (Å²) in [7, 11) is 0. The van der Waals surface area contributed by atoms with E-state index in [1.807, 2.05) is 0 Å². The van der Waals surface area contributed by atoms with Gasteiger partial charge >= 0.3 is 0 Å². The van der Waals surface area contributed by atoms with E-state index in [9.17, 15) is 0 Å². The van der Waals surface area contributed by atoms with Gasteiger partial charge in [0.2, 0.25) is 0 Å². The number of hydrogen-bond acceptors (Lipinski definition) is 2. The first kappa shape index (κ1) is 11.4. The van der Waals surface area contributed by atoms with Gasteiger partial charge < -0.3 is 10.2 Å². The Bertz CT molecular complexity index is 177. The minimum absolute atomic E-state index is 0.889. The van der Waals surface area contributed by atoms with Gasteiger partial charge in [-0.25, -0.2) is 0 Å². The second-order valence-electron chi connectivity index (χ2n) is 5.20. The summed E-state index contributed by atoms with van der Waals surface area (Å²) in [5, 5.41) is 3.61. The van der Waals surface area contributed by atoms with E-state index in [1.54, 1.807) is 0 Å². The molecule has 1 saturated heterocycles. The predicted octanol–water partition coefficient (Wildman–Crippen LogP) is 2.39. The highest BCUT2D eigenvalue weighted by atomic mass is 15.2. The van der Waals surface area contributed by atoms with E-state index in [0.717, 1.165) is 12.1 Å². The molecular formula is C13H26N2. The maximum absolute atomic E-state index is 3.61. The van der Waals surface area contributed by atoms with Crippen molar-refractivity contribution in [3.05, 3.63) is 0 Å². The van der Waals surface area contributed by atoms with Crippen LogP contribution in [0.25, 0.3) is 0 Å². The molecule has 0 aromatic heterocycles. The average molecular weight is 210 g/mol. The van der Waals surface area contributed by atoms with Crippen LogP contribution in [0.3, 0.4) is 0 Å². The fourth-order valence-electron chi connectivity index (χ4n) is 2.73. The van der Waals surface area contributed by atoms with Gasteiger partial charge in [-0.05, 0) is 64.6 Å². The molecule has 1 heterocycles. The Kier molecular flexibility index (Phi) is 4.45. The van der Waals surface area contributed by atoms with Crippen LogP contribution in [0, 0.1) is 0 Å². The monoisotopic (exact) mass is 210 g/mol. The highest BCUT2D eigenvalue weighted by Crippen LogP contribution is 2.22. The van der Waals surface area contributed by atoms with E-state index in [2.05, 4.69) is 17.1 Å². The fourth-order valence-corrected chi connectivity index (χ4v) is 2.73. The van der Waals surface area contributed by atoms with Crippen LogP contribution < -0.4 is 5.32 Å². The Morgan fingerprint density at radius 3 is 2.87 bits per heavy atom. The van der Waals surface area contributed by atoms with Crippen molar-refractivity contribution in [2.75, 3.05) is 19.6 Å². The van der Waals surface area contributed by atoms with E-state index in [4.69, 9.17) is 0 Å². The molecule has 1 aliphatic heterocycles. The van der Waals surface area contributed by atoms with Crippen LogP contribution in [0.2, 0.25) is 0 Å². The van der Waals surface area contributed by atoms with Crippen LogP contribution >= 0.6 is 0 Å². The fraction of sp³-hybridized carbons (Fsp3) is 1.00. The quantitative estimate of drug-likeness (QED) is 0.649. The molecule has 2 rings (SSSR count). The Labute approximate surface area is 94.4 Å². The van der Waals surface area contributed by atoms with Gasteiger partial charge in [0.05, 0.1) is 0 Å². The summed E-state index contributed by atoms with van der Waals surface area (Å²) in [6, 6.07) is 1.80. The average Bonchev–Trinajstić information content (AvgIpc) is 2.96. The number of nitrogens with zero attached hydrogens (tertiary/aromatic N) is 1. The zero-order valence-electron chi connectivity index (χ0n) is 10.2. The lowest BCUT2D eigenvalue weighted by molar-refractivity contribution is 0.240. The van der Waals surface area contributed by atoms with Crippen LogP contribution in [0.5, 0.6) is 0 Å². The molecule has 88 valence electrons. The molecule has 2 heteroatoms. The Morgan fingerprint density at radius 2 is 2.13 bits per heavy atom. The highest BCUT2D eigenvalue weighted by molar-refractivity contribution is 4.82. The topological polar surface area (TPSA) is 15.3 Å². The summed E-state index contributed by atoms with van der Waals surface area (Å²) in [4.78, 5) is 2.71. The molecule has 0 aromatic carbocycles. The highest BCUT2D eigenvalue weighted by Gasteiger charge is 2.23. The van der Waals surface area contributed by atoms with Crippen molar-refractivity contribution < 1.29 is 0 Å². The molecular weight excluding hydrogens is 184 g/mol. The van der Waals surface area contributed by atoms with Gasteiger partial charge in [-0.15, -0.1) is 0 Å². The first-order valence-electron chi connectivity index (χ1n) is 6.87. The first-order valence-corrected chi connectivity index (χ1v) is 6.87. The Hall–Kier alpha value is -0.0800. The zero-order valence-corrected chi connectivity index (χ0v) is 10.2. The van der Waals surface area contributed by atoms with E-state index < -0.39 is 0 Å². The molecule has 1 atom stereocenters. The van der Waals surface area contributed by atoms with Crippen LogP contribution in [0.1, 0.15) is 51.9 Å². The van der Waals surface area contributed by atoms with Crippen molar-refractivity contribution in [3.63, 3.8) is 0 Å². The van der Waals surface area contributed by atoms with E-state index in [-0.39, 0.29) is 0 Å². The number of rotatable bonds is 7. The van der Waals surface area contributed by atoms with Crippen LogP contribution in [-0.4, -0.2) is 36.6 Å². The molecule has 0 bridgehead atoms. The molecule has 0 radical (unpaired) electrons. The van der Waals surface area contributed by atoms with Crippen molar-refractivity contribution in [3.8, 4) is 0 Å². The summed E-state index contributed by atoms with van der Waals surface area (Å²) in [6.07, 6.45) is 9.83. The van der Waals surface area contributed by atoms with Crippen LogP contribution in [0.4, 0.5) is 0 Å². The zero-order chi connectivity index (χ0) is 10.5. The lowest BCUT2D eigenvalue weighted by atomic mass is 10.1. The molecule has 2 aliphatic rings. The van der Waals surface area contributed by atoms with Crippen molar-refractivity contribution in [1.29, 1.82) is 0 Å². The first-order chi connectivity index (χ1) is 7.40. The minimum atomic E-state index is 0.889. The second kappa shape index (κ2) is 5.86. The predicted molar refractivity (Wildman–Crippen MR) is 65.1 cm³/mol. The lowest BCUT2D eigenvalue weighted by Gasteiger charge is -2.23. The molecule has 2 nitrogen and oxygen atoms in total. The maximum atomic E-state index is 3.61. The number of likely N-dealkylation sites (tertiary alicyclic amines) is 1. The van der Waals surface area contributed by atoms with E-state index in [0.29, 0.717) is 0 Å². The summed E-state index contributed by atoms with van der Waals surface area (Å²) in [6.45, 7) is 6.22. The Balaban J connectivity index is 1.55. The van der Waals surface area contributed by atoms with Crippen molar-refractivity contribution in [2.24, 2.45) is 0 Å². The maximum Gasteiger partial charge on any atom is 0.00962 e. The summed E-state index contributed by atoms with van der Waals surface area (Å²) in [5.74, 6) is 0. The Morgan fingerprint density at radius 1 is 1.27 bits per heavy atom. The minimum Gasteiger partial charge on any atom is -0.314 e. The summed E-state index contributed by atoms with van der Waals surface area (Å²) < 4.78 is 0. The van der Waals surface area contributed by atoms with Crippen molar-refractivity contribution in [1.82, 2.24) is 10.2 Å². The number of nitrogens with one attached hydrogen (secondary N) is 1. The van der Waals surface area contributed by atoms with Gasteiger partial charge in [-0.2, -0.15) is 0 Å². The van der Waals surface area contributed by atoms with E-state index in [1.165, 1.54) is 64.6 Å². The third kappa shape index (κ3) is 3.76. The summed E-state index contributed by atoms with van der Waals surface area (Å²) in [5.41, 5.74) is 0. The molecule has 2 fully saturated rings. The summed E-state index contributed by atoms with van der Waals surface area (Å²) >= 11 is 0. The van der Waals surface area contributed by atoms with Gasteiger partial charge in [0.1, 0.15) is 0 Å². The largest absolute Gasteiger partial charge is 0.314 e. The normalized spacial score (nSPS) is 27.4. The van der Waals surface area contributed by atoms with Crippen molar-refractivity contribution >= 4 is 0 Å². The van der Waals surface area contributed by atoms with Crippen LogP contribution in [0.15, 0.2) is 0 Å². The van der Waals surface area contributed by atoms with Gasteiger partial charge in [0.25, 0.3) is 0 Å². The standard InChI is InChI=1S/C13H26N2/c1-2-10-15-11-4-6-13(15)5-3-9-14-12-7-8-12/h12-14H,2-11H2,1H3. The molecule has 15 heavy (non-hydrogen) atoms. The van der Waals surface area contributed by atoms with Gasteiger partial charge in [0, 0.05) is 12.1 Å². The molecule has 0 aromatic rings. The third-order valence-corrected chi connectivity index (χ3v) is 3.73. The van der Waals surface area contributed by atoms with Gasteiger partial charge in [-0.1, -0.05) is 6.92 Å². The van der Waals surface area contributed by atoms with Crippen molar-refractivity contribution in [2.45, 2.75) is 64.0 Å². The third-order valence-electron chi connectivity index (χ3n) is 3.73. The molecule has 1 N–H and O–H groups in total. The van der Waals surface area contributed by atoms with E-state index >= 15 is 0 Å². The van der Waals surface area contributed by atoms with Gasteiger partial charge in [-0.3, -0.25) is 0 Å². The van der Waals surface area contributed by atoms with Gasteiger partial charge in [0.15, 0.2) is 0 Å².